The van der Waals surface area contributed by atoms with Gasteiger partial charge in [0.05, 0.1) is 13.2 Å². The van der Waals surface area contributed by atoms with Gasteiger partial charge in [0.15, 0.2) is 5.78 Å². The predicted octanol–water partition coefficient (Wildman–Crippen LogP) is 3.85. The van der Waals surface area contributed by atoms with Gasteiger partial charge in [0.25, 0.3) is 0 Å². The molecule has 2 aliphatic rings. The highest BCUT2D eigenvalue weighted by Gasteiger charge is 2.50. The predicted molar refractivity (Wildman–Crippen MR) is 130 cm³/mol. The van der Waals surface area contributed by atoms with E-state index in [9.17, 15) is 9.59 Å². The van der Waals surface area contributed by atoms with Crippen LogP contribution in [0.1, 0.15) is 27.9 Å². The maximum atomic E-state index is 13.1. The van der Waals surface area contributed by atoms with E-state index in [0.29, 0.717) is 31.8 Å². The third kappa shape index (κ3) is 4.16. The van der Waals surface area contributed by atoms with E-state index < -0.39 is 11.3 Å². The van der Waals surface area contributed by atoms with Gasteiger partial charge < -0.3 is 10.5 Å². The molecule has 2 aromatic rings. The van der Waals surface area contributed by atoms with Crippen molar-refractivity contribution < 1.29 is 14.3 Å². The molecule has 5 heteroatoms. The lowest BCUT2D eigenvalue weighted by molar-refractivity contribution is -0.123. The van der Waals surface area contributed by atoms with Gasteiger partial charge in [0, 0.05) is 18.5 Å². The van der Waals surface area contributed by atoms with Crippen LogP contribution in [0.25, 0.3) is 0 Å². The van der Waals surface area contributed by atoms with Crippen LogP contribution in [0.4, 0.5) is 0 Å². The largest absolute Gasteiger partial charge is 0.493 e. The number of hydrogen-bond donors (Lipinski definition) is 1. The van der Waals surface area contributed by atoms with Crippen molar-refractivity contribution >= 4 is 11.7 Å². The second-order valence-electron chi connectivity index (χ2n) is 8.66. The molecule has 5 nitrogen and oxygen atoms in total. The second-order valence-corrected chi connectivity index (χ2v) is 8.66. The Kier molecular flexibility index (Phi) is 6.61. The highest BCUT2D eigenvalue weighted by atomic mass is 16.5. The Hall–Kier alpha value is -3.44. The topological polar surface area (TPSA) is 72.6 Å². The first-order valence-electron chi connectivity index (χ1n) is 11.3. The zero-order valence-electron chi connectivity index (χ0n) is 18.8. The van der Waals surface area contributed by atoms with Gasteiger partial charge in [-0.05, 0) is 53.8 Å². The smallest absolute Gasteiger partial charge is 0.232 e. The van der Waals surface area contributed by atoms with Crippen LogP contribution in [0.2, 0.25) is 0 Å². The fourth-order valence-corrected chi connectivity index (χ4v) is 5.30. The van der Waals surface area contributed by atoms with Crippen molar-refractivity contribution in [3.05, 3.63) is 102 Å². The Labute approximate surface area is 195 Å². The van der Waals surface area contributed by atoms with E-state index >= 15 is 0 Å². The third-order valence-electron chi connectivity index (χ3n) is 6.85. The summed E-state index contributed by atoms with van der Waals surface area (Å²) in [6, 6.07) is 15.3. The maximum absolute atomic E-state index is 13.1. The summed E-state index contributed by atoms with van der Waals surface area (Å²) in [7, 11) is 0. The average molecular weight is 443 g/mol. The fourth-order valence-electron chi connectivity index (χ4n) is 5.30. The number of rotatable bonds is 9. The zero-order chi connectivity index (χ0) is 23.4. The number of ether oxygens (including phenoxy) is 1. The molecule has 33 heavy (non-hydrogen) atoms. The monoisotopic (exact) mass is 442 g/mol. The van der Waals surface area contributed by atoms with Crippen molar-refractivity contribution in [1.29, 1.82) is 0 Å². The van der Waals surface area contributed by atoms with E-state index in [4.69, 9.17) is 10.5 Å². The highest BCUT2D eigenvalue weighted by Crippen LogP contribution is 2.44. The minimum atomic E-state index is -1.04. The standard InChI is InChI=1S/C28H30N2O3/c1-3-8-22(4-2)28(27(29)32,23-9-6-5-7-10-23)24-13-15-30(18-24)19-25(31)20-11-12-26-21(17-20)14-16-33-26/h3-12,17,24H,1-2,13-16,18-19H2,(H2,29,32)/b22-8+/t24?,28-/m1/s1. The Balaban J connectivity index is 1.60. The Morgan fingerprint density at radius 1 is 1.18 bits per heavy atom. The van der Waals surface area contributed by atoms with E-state index in [1.165, 1.54) is 0 Å². The SMILES string of the molecule is C=C/C=C(\C=C)[C@@](C(N)=O)(c1ccccc1)C1CCN(CC(=O)c2ccc3c(c2)CCO3)C1. The molecule has 2 N–H and O–H groups in total. The third-order valence-corrected chi connectivity index (χ3v) is 6.85. The molecule has 1 saturated heterocycles. The summed E-state index contributed by atoms with van der Waals surface area (Å²) >= 11 is 0. The first-order valence-corrected chi connectivity index (χ1v) is 11.3. The van der Waals surface area contributed by atoms with Crippen LogP contribution < -0.4 is 10.5 Å². The Bertz CT molecular complexity index is 1110. The number of primary amides is 1. The van der Waals surface area contributed by atoms with Crippen molar-refractivity contribution in [3.63, 3.8) is 0 Å². The lowest BCUT2D eigenvalue weighted by Crippen LogP contribution is -2.49. The first kappa shape index (κ1) is 22.7. The number of fused-ring (bicyclic) bond motifs is 1. The molecule has 0 spiro atoms. The molecule has 2 atom stereocenters. The van der Waals surface area contributed by atoms with Crippen molar-refractivity contribution in [2.24, 2.45) is 11.7 Å². The number of hydrogen-bond acceptors (Lipinski definition) is 4. The van der Waals surface area contributed by atoms with Crippen LogP contribution in [-0.4, -0.2) is 42.8 Å². The molecular weight excluding hydrogens is 412 g/mol. The normalized spacial score (nSPS) is 19.9. The summed E-state index contributed by atoms with van der Waals surface area (Å²) in [5.41, 5.74) is 8.43. The summed E-state index contributed by atoms with van der Waals surface area (Å²) in [4.78, 5) is 28.3. The van der Waals surface area contributed by atoms with Gasteiger partial charge in [0.2, 0.25) is 5.91 Å². The molecule has 2 aliphatic heterocycles. The summed E-state index contributed by atoms with van der Waals surface area (Å²) in [5, 5.41) is 0. The van der Waals surface area contributed by atoms with Crippen LogP contribution in [0, 0.1) is 5.92 Å². The highest BCUT2D eigenvalue weighted by molar-refractivity contribution is 5.98. The Morgan fingerprint density at radius 3 is 2.67 bits per heavy atom. The summed E-state index contributed by atoms with van der Waals surface area (Å²) in [6.45, 7) is 10.0. The van der Waals surface area contributed by atoms with Gasteiger partial charge >= 0.3 is 0 Å². The van der Waals surface area contributed by atoms with E-state index in [2.05, 4.69) is 18.1 Å². The molecule has 1 amide bonds. The van der Waals surface area contributed by atoms with E-state index in [-0.39, 0.29) is 11.7 Å². The number of benzene rings is 2. The molecule has 0 aliphatic carbocycles. The van der Waals surface area contributed by atoms with Crippen molar-refractivity contribution in [1.82, 2.24) is 4.90 Å². The molecule has 0 saturated carbocycles. The maximum Gasteiger partial charge on any atom is 0.232 e. The van der Waals surface area contributed by atoms with Crippen molar-refractivity contribution in [2.45, 2.75) is 18.3 Å². The van der Waals surface area contributed by atoms with Crippen LogP contribution in [0.15, 0.2) is 85.5 Å². The molecule has 0 bridgehead atoms. The summed E-state index contributed by atoms with van der Waals surface area (Å²) in [5.74, 6) is 0.425. The van der Waals surface area contributed by atoms with Crippen molar-refractivity contribution in [3.8, 4) is 5.75 Å². The number of Topliss-reactive ketones (excluding diaryl/α,β-unsaturated/α-hetero) is 1. The molecule has 170 valence electrons. The van der Waals surface area contributed by atoms with E-state index in [1.807, 2.05) is 54.6 Å². The first-order chi connectivity index (χ1) is 16.0. The van der Waals surface area contributed by atoms with Crippen molar-refractivity contribution in [2.75, 3.05) is 26.2 Å². The molecule has 1 fully saturated rings. The van der Waals surface area contributed by atoms with Crippen LogP contribution >= 0.6 is 0 Å². The molecular formula is C28H30N2O3. The molecule has 0 radical (unpaired) electrons. The number of amides is 1. The Morgan fingerprint density at radius 2 is 1.97 bits per heavy atom. The lowest BCUT2D eigenvalue weighted by Gasteiger charge is -2.38. The molecule has 4 rings (SSSR count). The summed E-state index contributed by atoms with van der Waals surface area (Å²) in [6.07, 6.45) is 6.74. The number of allylic oxidation sites excluding steroid dienone is 3. The number of nitrogens with two attached hydrogens (primary N) is 1. The van der Waals surface area contributed by atoms with E-state index in [0.717, 1.165) is 35.3 Å². The van der Waals surface area contributed by atoms with Gasteiger partial charge in [-0.3, -0.25) is 14.5 Å². The van der Waals surface area contributed by atoms with Gasteiger partial charge in [-0.15, -0.1) is 0 Å². The quantitative estimate of drug-likeness (QED) is 0.473. The molecule has 1 unspecified atom stereocenters. The van der Waals surface area contributed by atoms with Gasteiger partial charge in [-0.2, -0.15) is 0 Å². The van der Waals surface area contributed by atoms with Crippen LogP contribution in [-0.2, 0) is 16.6 Å². The van der Waals surface area contributed by atoms with Crippen LogP contribution in [0.5, 0.6) is 5.75 Å². The minimum Gasteiger partial charge on any atom is -0.493 e. The number of carbonyl (C=O) groups is 2. The minimum absolute atomic E-state index is 0.0697. The van der Waals surface area contributed by atoms with Gasteiger partial charge in [-0.1, -0.05) is 61.7 Å². The van der Waals surface area contributed by atoms with Gasteiger partial charge in [-0.25, -0.2) is 0 Å². The van der Waals surface area contributed by atoms with E-state index in [1.54, 1.807) is 12.2 Å². The number of likely N-dealkylation sites (tertiary alicyclic amines) is 1. The zero-order valence-corrected chi connectivity index (χ0v) is 18.8. The fraction of sp³-hybridized carbons (Fsp3) is 0.286. The average Bonchev–Trinajstić information content (AvgIpc) is 3.48. The molecule has 2 aromatic carbocycles. The number of ketones is 1. The molecule has 2 heterocycles. The molecule has 0 aromatic heterocycles. The lowest BCUT2D eigenvalue weighted by atomic mass is 9.64. The van der Waals surface area contributed by atoms with Gasteiger partial charge in [0.1, 0.15) is 11.2 Å². The number of nitrogens with zero attached hydrogens (tertiary/aromatic N) is 1. The second kappa shape index (κ2) is 9.59. The summed E-state index contributed by atoms with van der Waals surface area (Å²) < 4.78 is 5.55. The number of carbonyl (C=O) groups excluding carboxylic acids is 2. The van der Waals surface area contributed by atoms with Crippen LogP contribution in [0.3, 0.4) is 0 Å².